The highest BCUT2D eigenvalue weighted by atomic mass is 32.1. The zero-order valence-electron chi connectivity index (χ0n) is 11.9. The molecule has 0 saturated carbocycles. The molecular weight excluding hydrogens is 298 g/mol. The Bertz CT molecular complexity index is 723. The maximum Gasteiger partial charge on any atom is 0.319 e. The fourth-order valence-corrected chi connectivity index (χ4v) is 3.17. The van der Waals surface area contributed by atoms with E-state index in [4.69, 9.17) is 0 Å². The largest absolute Gasteiger partial charge is 0.326 e. The SMILES string of the molecule is CC1=C(C(=O)Nc2ccccc2)[C@@H](c2cccs2)NC(=O)N1. The second kappa shape index (κ2) is 6.03. The minimum Gasteiger partial charge on any atom is -0.326 e. The van der Waals surface area contributed by atoms with Gasteiger partial charge in [0.05, 0.1) is 11.6 Å². The monoisotopic (exact) mass is 313 g/mol. The lowest BCUT2D eigenvalue weighted by atomic mass is 10.0. The second-order valence-corrected chi connectivity index (χ2v) is 5.88. The summed E-state index contributed by atoms with van der Waals surface area (Å²) in [5.74, 6) is -0.227. The third kappa shape index (κ3) is 2.87. The Morgan fingerprint density at radius 1 is 1.18 bits per heavy atom. The van der Waals surface area contributed by atoms with E-state index in [-0.39, 0.29) is 11.9 Å². The minimum atomic E-state index is -0.433. The molecule has 0 spiro atoms. The van der Waals surface area contributed by atoms with Crippen LogP contribution in [-0.4, -0.2) is 11.9 Å². The van der Waals surface area contributed by atoms with E-state index in [2.05, 4.69) is 16.0 Å². The lowest BCUT2D eigenvalue weighted by Gasteiger charge is -2.27. The Balaban J connectivity index is 1.92. The number of carbonyl (C=O) groups excluding carboxylic acids is 2. The molecule has 3 amide bonds. The molecule has 2 heterocycles. The van der Waals surface area contributed by atoms with Crippen molar-refractivity contribution in [1.29, 1.82) is 0 Å². The summed E-state index contributed by atoms with van der Waals surface area (Å²) >= 11 is 1.50. The van der Waals surface area contributed by atoms with Gasteiger partial charge in [-0.3, -0.25) is 4.79 Å². The van der Waals surface area contributed by atoms with E-state index in [9.17, 15) is 9.59 Å². The number of hydrogen-bond donors (Lipinski definition) is 3. The number of allylic oxidation sites excluding steroid dienone is 1. The Morgan fingerprint density at radius 3 is 2.64 bits per heavy atom. The van der Waals surface area contributed by atoms with Crippen LogP contribution in [0.2, 0.25) is 0 Å². The number of urea groups is 1. The molecule has 1 aromatic heterocycles. The molecule has 5 nitrogen and oxygen atoms in total. The molecule has 2 aromatic rings. The van der Waals surface area contributed by atoms with Gasteiger partial charge < -0.3 is 16.0 Å². The predicted octanol–water partition coefficient (Wildman–Crippen LogP) is 3.01. The van der Waals surface area contributed by atoms with Crippen molar-refractivity contribution in [3.63, 3.8) is 0 Å². The Labute approximate surface area is 132 Å². The summed E-state index contributed by atoms with van der Waals surface area (Å²) in [7, 11) is 0. The topological polar surface area (TPSA) is 70.2 Å². The number of anilines is 1. The van der Waals surface area contributed by atoms with Crippen LogP contribution in [0.1, 0.15) is 17.8 Å². The molecule has 0 fully saturated rings. The van der Waals surface area contributed by atoms with Crippen LogP contribution < -0.4 is 16.0 Å². The number of hydrogen-bond acceptors (Lipinski definition) is 3. The summed E-state index contributed by atoms with van der Waals surface area (Å²) in [6.07, 6.45) is 0. The van der Waals surface area contributed by atoms with Crippen molar-refractivity contribution in [3.8, 4) is 0 Å². The maximum absolute atomic E-state index is 12.6. The fraction of sp³-hybridized carbons (Fsp3) is 0.125. The summed E-state index contributed by atoms with van der Waals surface area (Å²) in [5, 5.41) is 10.3. The Hall–Kier alpha value is -2.60. The Morgan fingerprint density at radius 2 is 1.95 bits per heavy atom. The molecule has 112 valence electrons. The highest BCUT2D eigenvalue weighted by Crippen LogP contribution is 2.30. The smallest absolute Gasteiger partial charge is 0.319 e. The zero-order chi connectivity index (χ0) is 15.5. The Kier molecular flexibility index (Phi) is 3.93. The minimum absolute atomic E-state index is 0.227. The zero-order valence-corrected chi connectivity index (χ0v) is 12.7. The first kappa shape index (κ1) is 14.3. The standard InChI is InChI=1S/C16H15N3O2S/c1-10-13(15(20)18-11-6-3-2-4-7-11)14(19-16(21)17-10)12-8-5-9-22-12/h2-9,14H,1H3,(H,18,20)(H2,17,19,21)/t14-/m1/s1. The van der Waals surface area contributed by atoms with Crippen LogP contribution in [0.15, 0.2) is 59.1 Å². The first-order chi connectivity index (χ1) is 10.6. The van der Waals surface area contributed by atoms with Gasteiger partial charge >= 0.3 is 6.03 Å². The molecule has 1 aliphatic rings. The molecule has 0 radical (unpaired) electrons. The van der Waals surface area contributed by atoms with Gasteiger partial charge in [-0.05, 0) is 30.5 Å². The first-order valence-corrected chi connectivity index (χ1v) is 7.71. The van der Waals surface area contributed by atoms with E-state index in [1.165, 1.54) is 11.3 Å². The molecule has 1 atom stereocenters. The van der Waals surface area contributed by atoms with Crippen molar-refractivity contribution in [1.82, 2.24) is 10.6 Å². The van der Waals surface area contributed by atoms with Gasteiger partial charge in [0, 0.05) is 16.3 Å². The lowest BCUT2D eigenvalue weighted by Crippen LogP contribution is -2.45. The van der Waals surface area contributed by atoms with Crippen molar-refractivity contribution in [2.24, 2.45) is 0 Å². The molecule has 1 aromatic carbocycles. The average Bonchev–Trinajstić information content (AvgIpc) is 3.01. The number of thiophene rings is 1. The number of nitrogens with one attached hydrogen (secondary N) is 3. The normalized spacial score (nSPS) is 17.7. The van der Waals surface area contributed by atoms with Gasteiger partial charge in [-0.1, -0.05) is 24.3 Å². The van der Waals surface area contributed by atoms with Gasteiger partial charge in [0.25, 0.3) is 5.91 Å². The van der Waals surface area contributed by atoms with Crippen LogP contribution in [-0.2, 0) is 4.79 Å². The lowest BCUT2D eigenvalue weighted by molar-refractivity contribution is -0.113. The fourth-order valence-electron chi connectivity index (χ4n) is 2.38. The van der Waals surface area contributed by atoms with Crippen molar-refractivity contribution < 1.29 is 9.59 Å². The summed E-state index contributed by atoms with van der Waals surface area (Å²) < 4.78 is 0. The van der Waals surface area contributed by atoms with E-state index in [0.29, 0.717) is 11.3 Å². The molecule has 6 heteroatoms. The molecular formula is C16H15N3O2S. The average molecular weight is 313 g/mol. The quantitative estimate of drug-likeness (QED) is 0.815. The summed E-state index contributed by atoms with van der Waals surface area (Å²) in [4.78, 5) is 25.3. The van der Waals surface area contributed by atoms with Gasteiger partial charge in [-0.25, -0.2) is 4.79 Å². The molecule has 0 bridgehead atoms. The van der Waals surface area contributed by atoms with Crippen LogP contribution in [0.25, 0.3) is 0 Å². The highest BCUT2D eigenvalue weighted by molar-refractivity contribution is 7.10. The van der Waals surface area contributed by atoms with Crippen molar-refractivity contribution in [3.05, 3.63) is 64.0 Å². The number of carbonyl (C=O) groups is 2. The summed E-state index contributed by atoms with van der Waals surface area (Å²) in [6.45, 7) is 1.74. The molecule has 3 N–H and O–H groups in total. The third-order valence-corrected chi connectivity index (χ3v) is 4.31. The van der Waals surface area contributed by atoms with E-state index < -0.39 is 6.04 Å². The molecule has 0 aliphatic carbocycles. The third-order valence-electron chi connectivity index (χ3n) is 3.37. The number of rotatable bonds is 3. The van der Waals surface area contributed by atoms with Crippen LogP contribution >= 0.6 is 11.3 Å². The first-order valence-electron chi connectivity index (χ1n) is 6.83. The van der Waals surface area contributed by atoms with Crippen LogP contribution in [0.5, 0.6) is 0 Å². The van der Waals surface area contributed by atoms with E-state index >= 15 is 0 Å². The predicted molar refractivity (Wildman–Crippen MR) is 86.5 cm³/mol. The van der Waals surface area contributed by atoms with E-state index in [1.807, 2.05) is 47.8 Å². The number of para-hydroxylation sites is 1. The number of benzene rings is 1. The second-order valence-electron chi connectivity index (χ2n) is 4.91. The van der Waals surface area contributed by atoms with Gasteiger partial charge in [-0.2, -0.15) is 0 Å². The van der Waals surface area contributed by atoms with Crippen LogP contribution in [0, 0.1) is 0 Å². The molecule has 1 aliphatic heterocycles. The van der Waals surface area contributed by atoms with E-state index in [0.717, 1.165) is 10.6 Å². The molecule has 22 heavy (non-hydrogen) atoms. The van der Waals surface area contributed by atoms with Crippen molar-refractivity contribution in [2.45, 2.75) is 13.0 Å². The van der Waals surface area contributed by atoms with E-state index in [1.54, 1.807) is 6.92 Å². The molecule has 0 unspecified atom stereocenters. The van der Waals surface area contributed by atoms with Gasteiger partial charge in [-0.15, -0.1) is 11.3 Å². The summed E-state index contributed by atoms with van der Waals surface area (Å²) in [6, 6.07) is 12.3. The van der Waals surface area contributed by atoms with Gasteiger partial charge in [0.15, 0.2) is 0 Å². The molecule has 0 saturated heterocycles. The number of amides is 3. The summed E-state index contributed by atoms with van der Waals surface area (Å²) in [5.41, 5.74) is 1.80. The van der Waals surface area contributed by atoms with Crippen LogP contribution in [0.3, 0.4) is 0 Å². The van der Waals surface area contributed by atoms with Gasteiger partial charge in [0.2, 0.25) is 0 Å². The maximum atomic E-state index is 12.6. The van der Waals surface area contributed by atoms with Crippen molar-refractivity contribution in [2.75, 3.05) is 5.32 Å². The highest BCUT2D eigenvalue weighted by Gasteiger charge is 2.31. The molecule has 3 rings (SSSR count). The van der Waals surface area contributed by atoms with Crippen molar-refractivity contribution >= 4 is 29.0 Å². The van der Waals surface area contributed by atoms with Crippen LogP contribution in [0.4, 0.5) is 10.5 Å². The van der Waals surface area contributed by atoms with Gasteiger partial charge in [0.1, 0.15) is 0 Å².